The molecule has 1 heterocycles. The zero-order valence-electron chi connectivity index (χ0n) is 19.9. The van der Waals surface area contributed by atoms with Gasteiger partial charge in [-0.25, -0.2) is 0 Å². The van der Waals surface area contributed by atoms with E-state index in [1.807, 2.05) is 38.1 Å². The third-order valence-corrected chi connectivity index (χ3v) is 6.64. The van der Waals surface area contributed by atoms with Crippen molar-refractivity contribution in [1.82, 2.24) is 4.90 Å². The predicted octanol–water partition coefficient (Wildman–Crippen LogP) is 4.65. The Morgan fingerprint density at radius 3 is 2.00 bits per heavy atom. The first-order chi connectivity index (χ1) is 16.7. The molecule has 0 bridgehead atoms. The van der Waals surface area contributed by atoms with Crippen molar-refractivity contribution in [1.29, 1.82) is 0 Å². The molecule has 35 heavy (non-hydrogen) atoms. The number of hydrogen-bond acceptors (Lipinski definition) is 4. The van der Waals surface area contributed by atoms with Crippen molar-refractivity contribution in [2.24, 2.45) is 5.92 Å². The quantitative estimate of drug-likeness (QED) is 0.443. The number of amides is 2. The molecule has 6 nitrogen and oxygen atoms in total. The standard InChI is InChI=1S/C29H29NO5/c1-18-3-9-21(10-4-18)22-11-6-20(7-12-22)8-14-26(31)24(29(34)35)15-16-30-27(32)23-13-5-19(2)17-25(23)28(30)33/h3-7,9-13,17,24,26,31H,8,14-16H2,1-2H3,(H,34,35). The number of nitrogens with zero attached hydrogens (tertiary/aromatic N) is 1. The van der Waals surface area contributed by atoms with E-state index in [1.165, 1.54) is 5.56 Å². The summed E-state index contributed by atoms with van der Waals surface area (Å²) in [6, 6.07) is 21.3. The highest BCUT2D eigenvalue weighted by Crippen LogP contribution is 2.26. The first kappa shape index (κ1) is 24.4. The maximum atomic E-state index is 12.7. The van der Waals surface area contributed by atoms with E-state index >= 15 is 0 Å². The van der Waals surface area contributed by atoms with Crippen LogP contribution in [0.4, 0.5) is 0 Å². The van der Waals surface area contributed by atoms with Gasteiger partial charge in [0.15, 0.2) is 0 Å². The Morgan fingerprint density at radius 1 is 0.800 bits per heavy atom. The molecule has 0 radical (unpaired) electrons. The van der Waals surface area contributed by atoms with Crippen LogP contribution in [0.25, 0.3) is 11.1 Å². The van der Waals surface area contributed by atoms with Gasteiger partial charge in [0.2, 0.25) is 0 Å². The van der Waals surface area contributed by atoms with Crippen LogP contribution < -0.4 is 0 Å². The van der Waals surface area contributed by atoms with E-state index in [1.54, 1.807) is 18.2 Å². The van der Waals surface area contributed by atoms with Crippen molar-refractivity contribution in [2.75, 3.05) is 6.54 Å². The number of carbonyl (C=O) groups excluding carboxylic acids is 2. The van der Waals surface area contributed by atoms with E-state index in [2.05, 4.69) is 24.3 Å². The summed E-state index contributed by atoms with van der Waals surface area (Å²) in [6.45, 7) is 3.83. The predicted molar refractivity (Wildman–Crippen MR) is 133 cm³/mol. The van der Waals surface area contributed by atoms with Gasteiger partial charge in [-0.05, 0) is 61.9 Å². The highest BCUT2D eigenvalue weighted by molar-refractivity contribution is 6.21. The second-order valence-corrected chi connectivity index (χ2v) is 9.21. The molecule has 0 aliphatic carbocycles. The highest BCUT2D eigenvalue weighted by Gasteiger charge is 2.37. The van der Waals surface area contributed by atoms with E-state index in [4.69, 9.17) is 0 Å². The summed E-state index contributed by atoms with van der Waals surface area (Å²) in [4.78, 5) is 38.2. The minimum atomic E-state index is -1.14. The average Bonchev–Trinajstić information content (AvgIpc) is 3.07. The number of rotatable bonds is 9. The number of hydrogen-bond donors (Lipinski definition) is 2. The molecule has 0 fully saturated rings. The Morgan fingerprint density at radius 2 is 1.37 bits per heavy atom. The lowest BCUT2D eigenvalue weighted by Gasteiger charge is -2.22. The van der Waals surface area contributed by atoms with Gasteiger partial charge >= 0.3 is 5.97 Å². The van der Waals surface area contributed by atoms with Crippen LogP contribution in [0.5, 0.6) is 0 Å². The van der Waals surface area contributed by atoms with Crippen LogP contribution in [0.2, 0.25) is 0 Å². The minimum absolute atomic E-state index is 0.00663. The summed E-state index contributed by atoms with van der Waals surface area (Å²) >= 11 is 0. The lowest BCUT2D eigenvalue weighted by atomic mass is 9.93. The zero-order chi connectivity index (χ0) is 25.1. The van der Waals surface area contributed by atoms with E-state index in [-0.39, 0.29) is 19.4 Å². The summed E-state index contributed by atoms with van der Waals surface area (Å²) in [5.41, 5.74) is 5.96. The average molecular weight is 472 g/mol. The summed E-state index contributed by atoms with van der Waals surface area (Å²) in [7, 11) is 0. The molecule has 2 unspecified atom stereocenters. The summed E-state index contributed by atoms with van der Waals surface area (Å²) in [5, 5.41) is 20.3. The minimum Gasteiger partial charge on any atom is -0.481 e. The molecule has 0 saturated heterocycles. The molecule has 180 valence electrons. The lowest BCUT2D eigenvalue weighted by Crippen LogP contribution is -2.36. The molecule has 1 aliphatic rings. The van der Waals surface area contributed by atoms with Crippen LogP contribution in [-0.2, 0) is 11.2 Å². The summed E-state index contributed by atoms with van der Waals surface area (Å²) in [5.74, 6) is -3.05. The SMILES string of the molecule is Cc1ccc(-c2ccc(CCC(O)C(CCN3C(=O)c4ccc(C)cc4C3=O)C(=O)O)cc2)cc1. The molecular formula is C29H29NO5. The topological polar surface area (TPSA) is 94.9 Å². The van der Waals surface area contributed by atoms with Gasteiger partial charge in [-0.3, -0.25) is 19.3 Å². The zero-order valence-corrected chi connectivity index (χ0v) is 19.9. The summed E-state index contributed by atoms with van der Waals surface area (Å²) in [6.07, 6.45) is -0.317. The lowest BCUT2D eigenvalue weighted by molar-refractivity contribution is -0.146. The number of benzene rings is 3. The van der Waals surface area contributed by atoms with Gasteiger partial charge in [0.05, 0.1) is 23.1 Å². The van der Waals surface area contributed by atoms with Crippen molar-refractivity contribution in [2.45, 2.75) is 39.2 Å². The molecule has 1 aliphatic heterocycles. The van der Waals surface area contributed by atoms with Crippen molar-refractivity contribution in [3.63, 3.8) is 0 Å². The number of aliphatic hydroxyl groups is 1. The number of carboxylic acid groups (broad SMARTS) is 1. The maximum Gasteiger partial charge on any atom is 0.309 e. The summed E-state index contributed by atoms with van der Waals surface area (Å²) < 4.78 is 0. The van der Waals surface area contributed by atoms with Gasteiger partial charge in [0.25, 0.3) is 11.8 Å². The first-order valence-corrected chi connectivity index (χ1v) is 11.8. The van der Waals surface area contributed by atoms with Gasteiger partial charge in [-0.15, -0.1) is 0 Å². The highest BCUT2D eigenvalue weighted by atomic mass is 16.4. The van der Waals surface area contributed by atoms with Crippen LogP contribution in [0.1, 0.15) is 50.2 Å². The van der Waals surface area contributed by atoms with Crippen LogP contribution in [-0.4, -0.2) is 45.5 Å². The number of aryl methyl sites for hydroxylation is 3. The molecule has 4 rings (SSSR count). The van der Waals surface area contributed by atoms with Gasteiger partial charge in [0.1, 0.15) is 0 Å². The molecule has 0 spiro atoms. The molecule has 3 aromatic rings. The number of fused-ring (bicyclic) bond motifs is 1. The Labute approximate surface area is 204 Å². The molecule has 0 saturated carbocycles. The normalized spacial score (nSPS) is 14.7. The van der Waals surface area contributed by atoms with Crippen molar-refractivity contribution in [3.05, 3.63) is 94.5 Å². The number of carboxylic acids is 1. The number of imide groups is 1. The van der Waals surface area contributed by atoms with E-state index in [9.17, 15) is 24.6 Å². The van der Waals surface area contributed by atoms with Crippen LogP contribution in [0.15, 0.2) is 66.7 Å². The largest absolute Gasteiger partial charge is 0.481 e. The van der Waals surface area contributed by atoms with E-state index < -0.39 is 29.8 Å². The van der Waals surface area contributed by atoms with Gasteiger partial charge in [-0.1, -0.05) is 65.7 Å². The third kappa shape index (κ3) is 5.33. The Balaban J connectivity index is 1.35. The molecular weight excluding hydrogens is 442 g/mol. The van der Waals surface area contributed by atoms with E-state index in [0.29, 0.717) is 17.5 Å². The molecule has 2 N–H and O–H groups in total. The number of aliphatic carboxylic acids is 1. The van der Waals surface area contributed by atoms with Crippen molar-refractivity contribution >= 4 is 17.8 Å². The van der Waals surface area contributed by atoms with Crippen LogP contribution in [0.3, 0.4) is 0 Å². The van der Waals surface area contributed by atoms with Crippen molar-refractivity contribution in [3.8, 4) is 11.1 Å². The Kier molecular flexibility index (Phi) is 7.12. The maximum absolute atomic E-state index is 12.7. The fourth-order valence-corrected chi connectivity index (χ4v) is 4.48. The second-order valence-electron chi connectivity index (χ2n) is 9.21. The van der Waals surface area contributed by atoms with Crippen LogP contribution >= 0.6 is 0 Å². The van der Waals surface area contributed by atoms with Gasteiger partial charge in [-0.2, -0.15) is 0 Å². The van der Waals surface area contributed by atoms with Crippen LogP contribution in [0, 0.1) is 19.8 Å². The molecule has 2 atom stereocenters. The number of carbonyl (C=O) groups is 3. The van der Waals surface area contributed by atoms with Gasteiger partial charge in [0, 0.05) is 6.54 Å². The van der Waals surface area contributed by atoms with Gasteiger partial charge < -0.3 is 10.2 Å². The Bertz CT molecular complexity index is 1250. The monoisotopic (exact) mass is 471 g/mol. The molecule has 2 amide bonds. The fraction of sp³-hybridized carbons (Fsp3) is 0.276. The van der Waals surface area contributed by atoms with E-state index in [0.717, 1.165) is 27.2 Å². The molecule has 3 aromatic carbocycles. The Hall–Kier alpha value is -3.77. The molecule has 0 aromatic heterocycles. The smallest absolute Gasteiger partial charge is 0.309 e. The second kappa shape index (κ2) is 10.2. The third-order valence-electron chi connectivity index (χ3n) is 6.64. The first-order valence-electron chi connectivity index (χ1n) is 11.8. The number of aliphatic hydroxyl groups excluding tert-OH is 1. The van der Waals surface area contributed by atoms with Crippen molar-refractivity contribution < 1.29 is 24.6 Å². The fourth-order valence-electron chi connectivity index (χ4n) is 4.48. The molecule has 6 heteroatoms.